The highest BCUT2D eigenvalue weighted by molar-refractivity contribution is 6.12. The SMILES string of the molecule is Cc1c(C(=O)N(c2ccc(O)cc2)c2cnn(CC(C)(C)O)c2)cc(-c2cc3c(cc2C(=O)N2Cc4ccccc4C[C@H]2CN2CCOCC2)OCO3)n1C. The van der Waals surface area contributed by atoms with Gasteiger partial charge in [-0.15, -0.1) is 0 Å². The number of aromatic hydroxyl groups is 1. The second kappa shape index (κ2) is 14.5. The first-order chi connectivity index (χ1) is 26.4. The summed E-state index contributed by atoms with van der Waals surface area (Å²) < 4.78 is 20.8. The topological polar surface area (TPSA) is 135 Å². The van der Waals surface area contributed by atoms with E-state index >= 15 is 4.79 Å². The molecule has 55 heavy (non-hydrogen) atoms. The average Bonchev–Trinajstić information content (AvgIpc) is 3.90. The number of ether oxygens (including phenoxy) is 3. The van der Waals surface area contributed by atoms with Crippen molar-refractivity contribution in [1.82, 2.24) is 24.1 Å². The van der Waals surface area contributed by atoms with Crippen LogP contribution in [0.25, 0.3) is 11.3 Å². The summed E-state index contributed by atoms with van der Waals surface area (Å²) in [6, 6.07) is 20.1. The van der Waals surface area contributed by atoms with Crippen molar-refractivity contribution in [1.29, 1.82) is 0 Å². The molecular weight excluding hydrogens is 700 g/mol. The third-order valence-electron chi connectivity index (χ3n) is 10.7. The first kappa shape index (κ1) is 36.4. The van der Waals surface area contributed by atoms with E-state index in [1.165, 1.54) is 22.6 Å². The Hall–Kier alpha value is -5.63. The minimum Gasteiger partial charge on any atom is -0.508 e. The zero-order chi connectivity index (χ0) is 38.4. The molecule has 1 atom stereocenters. The molecule has 0 saturated carbocycles. The number of aliphatic hydroxyl groups is 1. The number of nitrogens with zero attached hydrogens (tertiary/aromatic N) is 6. The number of hydrogen-bond donors (Lipinski definition) is 2. The van der Waals surface area contributed by atoms with Gasteiger partial charge in [0.1, 0.15) is 5.75 Å². The number of aromatic nitrogens is 3. The van der Waals surface area contributed by atoms with Crippen molar-refractivity contribution in [3.8, 4) is 28.5 Å². The average molecular weight is 747 g/mol. The molecule has 0 spiro atoms. The summed E-state index contributed by atoms with van der Waals surface area (Å²) in [5.74, 6) is 0.629. The zero-order valence-corrected chi connectivity index (χ0v) is 31.6. The Morgan fingerprint density at radius 1 is 0.945 bits per heavy atom. The zero-order valence-electron chi connectivity index (χ0n) is 31.6. The van der Waals surface area contributed by atoms with Gasteiger partial charge < -0.3 is 33.9 Å². The number of rotatable bonds is 9. The van der Waals surface area contributed by atoms with Gasteiger partial charge in [-0.25, -0.2) is 0 Å². The van der Waals surface area contributed by atoms with Crippen molar-refractivity contribution >= 4 is 23.2 Å². The molecule has 8 rings (SSSR count). The van der Waals surface area contributed by atoms with Crippen LogP contribution in [0.4, 0.5) is 11.4 Å². The van der Waals surface area contributed by atoms with Gasteiger partial charge >= 0.3 is 0 Å². The van der Waals surface area contributed by atoms with Crippen LogP contribution in [-0.2, 0) is 31.3 Å². The van der Waals surface area contributed by atoms with E-state index in [1.807, 2.05) is 41.6 Å². The van der Waals surface area contributed by atoms with Crippen molar-refractivity contribution < 1.29 is 34.0 Å². The third kappa shape index (κ3) is 7.30. The van der Waals surface area contributed by atoms with Gasteiger partial charge in [-0.1, -0.05) is 24.3 Å². The Bertz CT molecular complexity index is 2230. The maximum absolute atomic E-state index is 15.1. The van der Waals surface area contributed by atoms with E-state index in [-0.39, 0.29) is 36.9 Å². The largest absolute Gasteiger partial charge is 0.508 e. The van der Waals surface area contributed by atoms with Crippen LogP contribution in [0.2, 0.25) is 0 Å². The lowest BCUT2D eigenvalue weighted by Crippen LogP contribution is -2.52. The van der Waals surface area contributed by atoms with Crippen LogP contribution >= 0.6 is 0 Å². The van der Waals surface area contributed by atoms with Crippen LogP contribution in [-0.4, -0.2) is 97.5 Å². The minimum atomic E-state index is -1.03. The molecular formula is C42H46N6O7. The maximum atomic E-state index is 15.1. The Labute approximate surface area is 319 Å². The number of fused-ring (bicyclic) bond motifs is 2. The molecule has 5 aromatic rings. The predicted octanol–water partition coefficient (Wildman–Crippen LogP) is 5.28. The summed E-state index contributed by atoms with van der Waals surface area (Å²) in [7, 11) is 1.88. The fraction of sp³-hybridized carbons (Fsp3) is 0.357. The van der Waals surface area contributed by atoms with E-state index in [0.29, 0.717) is 70.7 Å². The number of morpholine rings is 1. The number of benzene rings is 3. The predicted molar refractivity (Wildman–Crippen MR) is 206 cm³/mol. The lowest BCUT2D eigenvalue weighted by atomic mass is 9.92. The molecule has 2 amide bonds. The summed E-state index contributed by atoms with van der Waals surface area (Å²) in [4.78, 5) is 35.7. The van der Waals surface area contributed by atoms with Crippen LogP contribution in [0.5, 0.6) is 17.2 Å². The molecule has 2 N–H and O–H groups in total. The van der Waals surface area contributed by atoms with Gasteiger partial charge in [-0.3, -0.25) is 24.1 Å². The van der Waals surface area contributed by atoms with Crippen molar-refractivity contribution in [2.45, 2.75) is 51.9 Å². The van der Waals surface area contributed by atoms with Gasteiger partial charge in [0, 0.05) is 68.1 Å². The van der Waals surface area contributed by atoms with E-state index in [1.54, 1.807) is 49.1 Å². The fourth-order valence-electron chi connectivity index (χ4n) is 7.79. The van der Waals surface area contributed by atoms with Crippen molar-refractivity contribution in [3.63, 3.8) is 0 Å². The highest BCUT2D eigenvalue weighted by Crippen LogP contribution is 2.42. The monoisotopic (exact) mass is 746 g/mol. The van der Waals surface area contributed by atoms with Gasteiger partial charge in [-0.05, 0) is 80.8 Å². The first-order valence-corrected chi connectivity index (χ1v) is 18.6. The number of phenols is 1. The number of anilines is 2. The Morgan fingerprint density at radius 3 is 2.38 bits per heavy atom. The second-order valence-electron chi connectivity index (χ2n) is 15.2. The number of carbonyl (C=O) groups is 2. The van der Waals surface area contributed by atoms with Gasteiger partial charge in [0.05, 0.1) is 48.4 Å². The quantitative estimate of drug-likeness (QED) is 0.207. The van der Waals surface area contributed by atoms with E-state index in [0.717, 1.165) is 31.6 Å². The lowest BCUT2D eigenvalue weighted by Gasteiger charge is -2.40. The van der Waals surface area contributed by atoms with E-state index in [2.05, 4.69) is 28.2 Å². The molecule has 13 heteroatoms. The van der Waals surface area contributed by atoms with Crippen molar-refractivity contribution in [3.05, 3.63) is 107 Å². The molecule has 0 unspecified atom stereocenters. The van der Waals surface area contributed by atoms with Crippen LogP contribution in [0.3, 0.4) is 0 Å². The van der Waals surface area contributed by atoms with E-state index < -0.39 is 5.60 Å². The molecule has 0 bridgehead atoms. The minimum absolute atomic E-state index is 0.0435. The summed E-state index contributed by atoms with van der Waals surface area (Å²) in [6.45, 7) is 9.68. The van der Waals surface area contributed by atoms with Crippen LogP contribution < -0.4 is 14.4 Å². The maximum Gasteiger partial charge on any atom is 0.264 e. The Morgan fingerprint density at radius 2 is 1.65 bits per heavy atom. The molecule has 13 nitrogen and oxygen atoms in total. The lowest BCUT2D eigenvalue weighted by molar-refractivity contribution is 0.0193. The molecule has 286 valence electrons. The van der Waals surface area contributed by atoms with Crippen LogP contribution in [0, 0.1) is 6.92 Å². The normalized spacial score (nSPS) is 17.0. The standard InChI is InChI=1S/C42H46N6O7/c1-27-34(41(51)48(30-9-11-33(49)12-10-30)32-21-43-46(24-32)25-42(2,3)52)18-37(44(27)4)35-19-38-39(55-26-54-38)20-36(35)40(50)47-22-29-8-6-5-7-28(29)17-31(47)23-45-13-15-53-16-14-45/h5-12,18-21,24,31,49,52H,13-17,22-23,25-26H2,1-4H3/t31-/m0/s1. The molecule has 1 fully saturated rings. The number of amides is 2. The third-order valence-corrected chi connectivity index (χ3v) is 10.7. The molecule has 3 aromatic carbocycles. The Balaban J connectivity index is 1.19. The molecule has 0 radical (unpaired) electrons. The fourth-order valence-corrected chi connectivity index (χ4v) is 7.79. The second-order valence-corrected chi connectivity index (χ2v) is 15.2. The summed E-state index contributed by atoms with van der Waals surface area (Å²) in [6.07, 6.45) is 4.02. The molecule has 5 heterocycles. The molecule has 3 aliphatic rings. The van der Waals surface area contributed by atoms with Crippen molar-refractivity contribution in [2.75, 3.05) is 44.5 Å². The number of phenolic OH excluding ortho intramolecular Hbond substituents is 1. The van der Waals surface area contributed by atoms with Crippen LogP contribution in [0.15, 0.2) is 79.1 Å². The van der Waals surface area contributed by atoms with Crippen LogP contribution in [0.1, 0.15) is 51.4 Å². The molecule has 0 aliphatic carbocycles. The number of carbonyl (C=O) groups excluding carboxylic acids is 2. The Kier molecular flexibility index (Phi) is 9.62. The molecule has 1 saturated heterocycles. The van der Waals surface area contributed by atoms with Gasteiger partial charge in [-0.2, -0.15) is 5.10 Å². The summed E-state index contributed by atoms with van der Waals surface area (Å²) in [5.41, 5.74) is 5.19. The molecule has 3 aliphatic heterocycles. The number of hydrogen-bond acceptors (Lipinski definition) is 9. The highest BCUT2D eigenvalue weighted by Gasteiger charge is 2.35. The van der Waals surface area contributed by atoms with Crippen molar-refractivity contribution in [2.24, 2.45) is 7.05 Å². The molecule has 2 aromatic heterocycles. The van der Waals surface area contributed by atoms with Gasteiger partial charge in [0.2, 0.25) is 6.79 Å². The van der Waals surface area contributed by atoms with Gasteiger partial charge in [0.15, 0.2) is 11.5 Å². The summed E-state index contributed by atoms with van der Waals surface area (Å²) >= 11 is 0. The first-order valence-electron chi connectivity index (χ1n) is 18.6. The summed E-state index contributed by atoms with van der Waals surface area (Å²) in [5, 5.41) is 25.0. The smallest absolute Gasteiger partial charge is 0.264 e. The van der Waals surface area contributed by atoms with E-state index in [9.17, 15) is 15.0 Å². The highest BCUT2D eigenvalue weighted by atomic mass is 16.7. The van der Waals surface area contributed by atoms with E-state index in [4.69, 9.17) is 14.2 Å². The van der Waals surface area contributed by atoms with Gasteiger partial charge in [0.25, 0.3) is 11.8 Å².